The highest BCUT2D eigenvalue weighted by molar-refractivity contribution is 6.20. The largest absolute Gasteiger partial charge is 0.508 e. The maximum Gasteiger partial charge on any atom is 0.258 e. The monoisotopic (exact) mass is 434 g/mol. The molecule has 2 aromatic carbocycles. The number of rotatable bonds is 7. The first-order valence-corrected chi connectivity index (χ1v) is 10.7. The number of phenols is 1. The number of allylic oxidation sites excluding steroid dienone is 1. The SMILES string of the molecule is Cc1cc(C2=NC(=O)CC(c3ccc(OCC(=O)NCC4CCCO4)cc3)=C2)ccc1O. The number of nitrogens with zero attached hydrogens (tertiary/aromatic N) is 1. The summed E-state index contributed by atoms with van der Waals surface area (Å²) in [6.07, 6.45) is 4.21. The van der Waals surface area contributed by atoms with Crippen molar-refractivity contribution in [2.24, 2.45) is 4.99 Å². The van der Waals surface area contributed by atoms with Gasteiger partial charge in [0.15, 0.2) is 6.61 Å². The van der Waals surface area contributed by atoms with E-state index in [2.05, 4.69) is 10.3 Å². The second-order valence-electron chi connectivity index (χ2n) is 7.99. The predicted molar refractivity (Wildman–Crippen MR) is 121 cm³/mol. The fourth-order valence-corrected chi connectivity index (χ4v) is 3.73. The highest BCUT2D eigenvalue weighted by Gasteiger charge is 2.18. The molecule has 1 unspecified atom stereocenters. The van der Waals surface area contributed by atoms with Crippen LogP contribution in [0.3, 0.4) is 0 Å². The first-order chi connectivity index (χ1) is 15.5. The van der Waals surface area contributed by atoms with Gasteiger partial charge in [-0.1, -0.05) is 12.1 Å². The summed E-state index contributed by atoms with van der Waals surface area (Å²) in [7, 11) is 0. The minimum absolute atomic E-state index is 0.0652. The second kappa shape index (κ2) is 9.78. The lowest BCUT2D eigenvalue weighted by Crippen LogP contribution is -2.35. The molecule has 0 aromatic heterocycles. The Balaban J connectivity index is 1.37. The average Bonchev–Trinajstić information content (AvgIpc) is 3.32. The van der Waals surface area contributed by atoms with Gasteiger partial charge in [0, 0.05) is 18.7 Å². The van der Waals surface area contributed by atoms with Crippen LogP contribution in [0, 0.1) is 6.92 Å². The van der Waals surface area contributed by atoms with E-state index < -0.39 is 0 Å². The minimum Gasteiger partial charge on any atom is -0.508 e. The molecule has 1 fully saturated rings. The van der Waals surface area contributed by atoms with E-state index >= 15 is 0 Å². The molecule has 2 amide bonds. The number of aliphatic imine (C=N–C) groups is 1. The standard InChI is InChI=1S/C25H26N2O5/c1-16-11-18(6-9-23(16)28)22-12-19(13-24(29)27-22)17-4-7-20(8-5-17)32-15-25(30)26-14-21-3-2-10-31-21/h4-9,11-12,21,28H,2-3,10,13-15H2,1H3,(H,26,30). The van der Waals surface area contributed by atoms with Gasteiger partial charge in [-0.2, -0.15) is 0 Å². The van der Waals surface area contributed by atoms with Gasteiger partial charge in [0.05, 0.1) is 18.2 Å². The van der Waals surface area contributed by atoms with Crippen molar-refractivity contribution in [2.45, 2.75) is 32.3 Å². The Labute approximate surface area is 186 Å². The van der Waals surface area contributed by atoms with Gasteiger partial charge in [0.2, 0.25) is 0 Å². The minimum atomic E-state index is -0.216. The molecular weight excluding hydrogens is 408 g/mol. The van der Waals surface area contributed by atoms with Crippen LogP contribution in [0.1, 0.15) is 36.0 Å². The van der Waals surface area contributed by atoms with E-state index in [4.69, 9.17) is 9.47 Å². The van der Waals surface area contributed by atoms with Crippen LogP contribution < -0.4 is 10.1 Å². The summed E-state index contributed by atoms with van der Waals surface area (Å²) in [6, 6.07) is 12.4. The van der Waals surface area contributed by atoms with Crippen LogP contribution in [0.5, 0.6) is 11.5 Å². The summed E-state index contributed by atoms with van der Waals surface area (Å²) in [5, 5.41) is 12.6. The lowest BCUT2D eigenvalue weighted by molar-refractivity contribution is -0.123. The number of phenolic OH excluding ortho intramolecular Hbond substituents is 1. The van der Waals surface area contributed by atoms with Crippen LogP contribution in [-0.4, -0.2) is 48.5 Å². The molecule has 1 saturated heterocycles. The lowest BCUT2D eigenvalue weighted by atomic mass is 9.95. The summed E-state index contributed by atoms with van der Waals surface area (Å²) < 4.78 is 11.1. The van der Waals surface area contributed by atoms with Crippen LogP contribution in [0.2, 0.25) is 0 Å². The topological polar surface area (TPSA) is 97.2 Å². The Morgan fingerprint density at radius 1 is 1.22 bits per heavy atom. The lowest BCUT2D eigenvalue weighted by Gasteiger charge is -2.14. The highest BCUT2D eigenvalue weighted by atomic mass is 16.5. The van der Waals surface area contributed by atoms with Crippen LogP contribution in [0.4, 0.5) is 0 Å². The van der Waals surface area contributed by atoms with Crippen LogP contribution >= 0.6 is 0 Å². The fraction of sp³-hybridized carbons (Fsp3) is 0.320. The number of carbonyl (C=O) groups excluding carboxylic acids is 2. The van der Waals surface area contributed by atoms with Crippen molar-refractivity contribution in [1.29, 1.82) is 0 Å². The molecule has 0 spiro atoms. The Bertz CT molecular complexity index is 1070. The third kappa shape index (κ3) is 5.42. The van der Waals surface area contributed by atoms with E-state index in [0.29, 0.717) is 18.0 Å². The molecule has 0 saturated carbocycles. The van der Waals surface area contributed by atoms with Crippen molar-refractivity contribution in [2.75, 3.05) is 19.8 Å². The van der Waals surface area contributed by atoms with Crippen LogP contribution in [0.25, 0.3) is 5.57 Å². The van der Waals surface area contributed by atoms with E-state index in [1.807, 2.05) is 24.3 Å². The molecular formula is C25H26N2O5. The van der Waals surface area contributed by atoms with Crippen molar-refractivity contribution in [3.63, 3.8) is 0 Å². The predicted octanol–water partition coefficient (Wildman–Crippen LogP) is 3.18. The number of carbonyl (C=O) groups is 2. The first kappa shape index (κ1) is 21.8. The van der Waals surface area contributed by atoms with Gasteiger partial charge in [-0.25, -0.2) is 4.99 Å². The van der Waals surface area contributed by atoms with Gasteiger partial charge >= 0.3 is 0 Å². The molecule has 0 bridgehead atoms. The molecule has 32 heavy (non-hydrogen) atoms. The fourth-order valence-electron chi connectivity index (χ4n) is 3.73. The van der Waals surface area contributed by atoms with Gasteiger partial charge in [-0.3, -0.25) is 9.59 Å². The van der Waals surface area contributed by atoms with E-state index in [0.717, 1.165) is 41.7 Å². The van der Waals surface area contributed by atoms with Crippen molar-refractivity contribution < 1.29 is 24.2 Å². The molecule has 2 aliphatic heterocycles. The van der Waals surface area contributed by atoms with Crippen molar-refractivity contribution >= 4 is 23.1 Å². The number of benzene rings is 2. The molecule has 1 atom stereocenters. The molecule has 0 aliphatic carbocycles. The molecule has 2 aliphatic rings. The summed E-state index contributed by atoms with van der Waals surface area (Å²) >= 11 is 0. The number of hydrogen-bond donors (Lipinski definition) is 2. The van der Waals surface area contributed by atoms with Crippen LogP contribution in [0.15, 0.2) is 53.5 Å². The number of amides is 2. The van der Waals surface area contributed by atoms with E-state index in [-0.39, 0.29) is 36.7 Å². The highest BCUT2D eigenvalue weighted by Crippen LogP contribution is 2.27. The average molecular weight is 434 g/mol. The van der Waals surface area contributed by atoms with Crippen molar-refractivity contribution in [1.82, 2.24) is 5.32 Å². The quantitative estimate of drug-likeness (QED) is 0.698. The second-order valence-corrected chi connectivity index (χ2v) is 7.99. The first-order valence-electron chi connectivity index (χ1n) is 10.7. The van der Waals surface area contributed by atoms with E-state index in [9.17, 15) is 14.7 Å². The third-order valence-electron chi connectivity index (χ3n) is 5.54. The summed E-state index contributed by atoms with van der Waals surface area (Å²) in [4.78, 5) is 28.4. The number of ether oxygens (including phenoxy) is 2. The van der Waals surface area contributed by atoms with Gasteiger partial charge in [-0.05, 0) is 72.9 Å². The molecule has 0 radical (unpaired) electrons. The van der Waals surface area contributed by atoms with Gasteiger partial charge < -0.3 is 19.9 Å². The molecule has 2 aromatic rings. The molecule has 4 rings (SSSR count). The maximum absolute atomic E-state index is 12.2. The molecule has 7 nitrogen and oxygen atoms in total. The smallest absolute Gasteiger partial charge is 0.258 e. The van der Waals surface area contributed by atoms with Gasteiger partial charge in [0.25, 0.3) is 11.8 Å². The Hall–Kier alpha value is -3.45. The number of hydrogen-bond acceptors (Lipinski definition) is 5. The zero-order valence-electron chi connectivity index (χ0n) is 18.0. The number of nitrogens with one attached hydrogen (secondary N) is 1. The normalized spacial score (nSPS) is 18.2. The molecule has 2 N–H and O–H groups in total. The van der Waals surface area contributed by atoms with Gasteiger partial charge in [0.1, 0.15) is 11.5 Å². The summed E-state index contributed by atoms with van der Waals surface area (Å²) in [6.45, 7) is 3.00. The molecule has 7 heteroatoms. The molecule has 166 valence electrons. The van der Waals surface area contributed by atoms with E-state index in [1.54, 1.807) is 31.2 Å². The van der Waals surface area contributed by atoms with E-state index in [1.165, 1.54) is 0 Å². The maximum atomic E-state index is 12.2. The van der Waals surface area contributed by atoms with Crippen molar-refractivity contribution in [3.05, 3.63) is 65.2 Å². The van der Waals surface area contributed by atoms with Gasteiger partial charge in [-0.15, -0.1) is 0 Å². The summed E-state index contributed by atoms with van der Waals surface area (Å²) in [5.74, 6) is 0.380. The van der Waals surface area contributed by atoms with Crippen LogP contribution in [-0.2, 0) is 14.3 Å². The molecule has 2 heterocycles. The Morgan fingerprint density at radius 3 is 2.72 bits per heavy atom. The van der Waals surface area contributed by atoms with Crippen molar-refractivity contribution in [3.8, 4) is 11.5 Å². The number of aryl methyl sites for hydroxylation is 1. The zero-order chi connectivity index (χ0) is 22.5. The number of dihydropyridines is 1. The zero-order valence-corrected chi connectivity index (χ0v) is 18.0. The Kier molecular flexibility index (Phi) is 6.66. The summed E-state index contributed by atoms with van der Waals surface area (Å²) in [5.41, 5.74) is 3.81. The Morgan fingerprint density at radius 2 is 2.00 bits per heavy atom. The number of aromatic hydroxyl groups is 1. The third-order valence-corrected chi connectivity index (χ3v) is 5.54.